The van der Waals surface area contributed by atoms with E-state index >= 15 is 0 Å². The molecule has 5 atom stereocenters. The molecule has 9 heteroatoms. The lowest BCUT2D eigenvalue weighted by Crippen LogP contribution is -2.58. The zero-order valence-electron chi connectivity index (χ0n) is 22.0. The maximum atomic E-state index is 12.8. The topological polar surface area (TPSA) is 154 Å². The minimum Gasteiger partial charge on any atom is -0.394 e. The van der Waals surface area contributed by atoms with Crippen LogP contribution in [0.3, 0.4) is 0 Å². The van der Waals surface area contributed by atoms with Gasteiger partial charge >= 0.3 is 6.03 Å². The molecule has 0 aromatic rings. The number of aliphatic hydroxyl groups is 5. The van der Waals surface area contributed by atoms with Gasteiger partial charge in [0.2, 0.25) is 0 Å². The van der Waals surface area contributed by atoms with E-state index in [2.05, 4.69) is 36.7 Å². The van der Waals surface area contributed by atoms with Crippen molar-refractivity contribution in [3.05, 3.63) is 0 Å². The van der Waals surface area contributed by atoms with Gasteiger partial charge in [-0.25, -0.2) is 4.79 Å². The molecule has 0 heterocycles. The second-order valence-electron chi connectivity index (χ2n) is 11.5. The molecule has 0 rings (SSSR count). The third-order valence-electron chi connectivity index (χ3n) is 6.44. The van der Waals surface area contributed by atoms with Gasteiger partial charge in [0.25, 0.3) is 0 Å². The number of urea groups is 1. The van der Waals surface area contributed by atoms with E-state index in [1.54, 1.807) is 0 Å². The van der Waals surface area contributed by atoms with E-state index in [1.807, 2.05) is 34.6 Å². The van der Waals surface area contributed by atoms with Crippen molar-refractivity contribution in [3.63, 3.8) is 0 Å². The van der Waals surface area contributed by atoms with E-state index in [1.165, 1.54) is 0 Å². The van der Waals surface area contributed by atoms with Crippen molar-refractivity contribution < 1.29 is 30.3 Å². The highest BCUT2D eigenvalue weighted by atomic mass is 16.4. The molecule has 33 heavy (non-hydrogen) atoms. The number of carbonyl (C=O) groups is 1. The van der Waals surface area contributed by atoms with Crippen molar-refractivity contribution in [2.75, 3.05) is 19.7 Å². The van der Waals surface area contributed by atoms with E-state index in [4.69, 9.17) is 5.11 Å². The van der Waals surface area contributed by atoms with Crippen LogP contribution in [0.2, 0.25) is 0 Å². The number of rotatable bonds is 15. The largest absolute Gasteiger partial charge is 0.394 e. The lowest BCUT2D eigenvalue weighted by atomic mass is 9.76. The maximum Gasteiger partial charge on any atom is 0.315 e. The van der Waals surface area contributed by atoms with Crippen LogP contribution in [-0.2, 0) is 0 Å². The molecule has 0 saturated carbocycles. The molecule has 0 aliphatic rings. The second kappa shape index (κ2) is 13.8. The minimum absolute atomic E-state index is 0.00972. The number of carbonyl (C=O) groups excluding carboxylic acids is 1. The first-order valence-corrected chi connectivity index (χ1v) is 12.1. The van der Waals surface area contributed by atoms with Gasteiger partial charge in [-0.2, -0.15) is 0 Å². The van der Waals surface area contributed by atoms with Gasteiger partial charge < -0.3 is 41.5 Å². The Morgan fingerprint density at radius 1 is 0.848 bits per heavy atom. The normalized spacial score (nSPS) is 17.7. The fraction of sp³-hybridized carbons (Fsp3) is 0.958. The van der Waals surface area contributed by atoms with E-state index < -0.39 is 48.6 Å². The Morgan fingerprint density at radius 3 is 1.85 bits per heavy atom. The van der Waals surface area contributed by atoms with Crippen LogP contribution in [0.25, 0.3) is 0 Å². The van der Waals surface area contributed by atoms with E-state index in [9.17, 15) is 25.2 Å². The number of hydrogen-bond donors (Lipinski definition) is 8. The molecular formula is C24H51N3O6. The van der Waals surface area contributed by atoms with Crippen LogP contribution >= 0.6 is 0 Å². The Hall–Kier alpha value is -0.970. The summed E-state index contributed by atoms with van der Waals surface area (Å²) < 4.78 is 0. The van der Waals surface area contributed by atoms with Gasteiger partial charge in [0, 0.05) is 25.0 Å². The van der Waals surface area contributed by atoms with Crippen LogP contribution in [0.5, 0.6) is 0 Å². The number of aliphatic hydroxyl groups excluding tert-OH is 5. The first kappa shape index (κ1) is 32.0. The van der Waals surface area contributed by atoms with Crippen molar-refractivity contribution >= 4 is 6.03 Å². The quantitative estimate of drug-likeness (QED) is 0.176. The first-order valence-electron chi connectivity index (χ1n) is 12.1. The third-order valence-corrected chi connectivity index (χ3v) is 6.44. The summed E-state index contributed by atoms with van der Waals surface area (Å²) in [5.41, 5.74) is -0.817. The summed E-state index contributed by atoms with van der Waals surface area (Å²) in [6, 6.07) is -1.18. The number of nitrogens with one attached hydrogen (secondary N) is 3. The summed E-state index contributed by atoms with van der Waals surface area (Å²) in [5, 5.41) is 58.7. The van der Waals surface area contributed by atoms with E-state index in [-0.39, 0.29) is 30.3 Å². The van der Waals surface area contributed by atoms with Gasteiger partial charge in [0.15, 0.2) is 0 Å². The summed E-state index contributed by atoms with van der Waals surface area (Å²) in [5.74, 6) is 0. The Labute approximate surface area is 200 Å². The van der Waals surface area contributed by atoms with Crippen LogP contribution in [-0.4, -0.2) is 87.3 Å². The van der Waals surface area contributed by atoms with Crippen LogP contribution in [0.1, 0.15) is 81.1 Å². The Balaban J connectivity index is 5.29. The molecule has 0 aliphatic carbocycles. The first-order chi connectivity index (χ1) is 15.0. The second-order valence-corrected chi connectivity index (χ2v) is 11.5. The zero-order valence-corrected chi connectivity index (χ0v) is 22.0. The molecule has 0 spiro atoms. The average Bonchev–Trinajstić information content (AvgIpc) is 2.68. The van der Waals surface area contributed by atoms with Gasteiger partial charge in [-0.05, 0) is 43.9 Å². The van der Waals surface area contributed by atoms with Crippen LogP contribution in [0.15, 0.2) is 0 Å². The van der Waals surface area contributed by atoms with Crippen molar-refractivity contribution in [1.82, 2.24) is 16.0 Å². The van der Waals surface area contributed by atoms with E-state index in [0.29, 0.717) is 0 Å². The third kappa shape index (κ3) is 12.3. The summed E-state index contributed by atoms with van der Waals surface area (Å²) >= 11 is 0. The summed E-state index contributed by atoms with van der Waals surface area (Å²) in [6.07, 6.45) is -1.95. The molecule has 2 amide bonds. The molecule has 5 unspecified atom stereocenters. The van der Waals surface area contributed by atoms with Crippen molar-refractivity contribution in [2.24, 2.45) is 10.8 Å². The van der Waals surface area contributed by atoms with Gasteiger partial charge in [-0.3, -0.25) is 0 Å². The fourth-order valence-corrected chi connectivity index (χ4v) is 4.21. The standard InChI is InChI=1S/C24H51N3O6/c1-9-24(8,10-2)20(32)11-17(29)16(12-25-13-18(30)19(31)14-28)26-21(33)27-23(6,7)15-22(3,4)5/h16-20,25,28-32H,9-15H2,1-8H3,(H2,26,27,33). The van der Waals surface area contributed by atoms with Crippen molar-refractivity contribution in [3.8, 4) is 0 Å². The SMILES string of the molecule is CCC(C)(CC)C(O)CC(O)C(CNCC(O)C(O)CO)NC(=O)NC(C)(C)CC(C)(C)C. The average molecular weight is 478 g/mol. The number of amides is 2. The number of hydrogen-bond acceptors (Lipinski definition) is 7. The molecule has 0 aromatic carbocycles. The monoisotopic (exact) mass is 477 g/mol. The molecule has 0 saturated heterocycles. The van der Waals surface area contributed by atoms with Crippen LogP contribution in [0, 0.1) is 10.8 Å². The highest BCUT2D eigenvalue weighted by molar-refractivity contribution is 5.75. The molecule has 9 nitrogen and oxygen atoms in total. The predicted molar refractivity (Wildman–Crippen MR) is 131 cm³/mol. The van der Waals surface area contributed by atoms with Gasteiger partial charge in [0.1, 0.15) is 6.10 Å². The van der Waals surface area contributed by atoms with Crippen molar-refractivity contribution in [1.29, 1.82) is 0 Å². The Morgan fingerprint density at radius 2 is 1.39 bits per heavy atom. The van der Waals surface area contributed by atoms with Crippen molar-refractivity contribution in [2.45, 2.75) is 117 Å². The zero-order chi connectivity index (χ0) is 26.0. The van der Waals surface area contributed by atoms with Gasteiger partial charge in [-0.15, -0.1) is 0 Å². The molecule has 8 N–H and O–H groups in total. The minimum atomic E-state index is -1.29. The predicted octanol–water partition coefficient (Wildman–Crippen LogP) is 1.11. The summed E-state index contributed by atoms with van der Waals surface area (Å²) in [7, 11) is 0. The Bertz CT molecular complexity index is 563. The molecular weight excluding hydrogens is 426 g/mol. The Kier molecular flexibility index (Phi) is 13.4. The molecule has 0 radical (unpaired) electrons. The highest BCUT2D eigenvalue weighted by Crippen LogP contribution is 2.32. The van der Waals surface area contributed by atoms with Crippen LogP contribution in [0.4, 0.5) is 4.79 Å². The molecule has 0 aromatic heterocycles. The lowest BCUT2D eigenvalue weighted by molar-refractivity contribution is -0.0205. The lowest BCUT2D eigenvalue weighted by Gasteiger charge is -2.36. The highest BCUT2D eigenvalue weighted by Gasteiger charge is 2.34. The molecule has 0 bridgehead atoms. The summed E-state index contributed by atoms with van der Waals surface area (Å²) in [4.78, 5) is 12.8. The maximum absolute atomic E-state index is 12.8. The molecule has 0 fully saturated rings. The molecule has 198 valence electrons. The van der Waals surface area contributed by atoms with Gasteiger partial charge in [0.05, 0.1) is 31.0 Å². The van der Waals surface area contributed by atoms with E-state index in [0.717, 1.165) is 19.3 Å². The van der Waals surface area contributed by atoms with Crippen LogP contribution < -0.4 is 16.0 Å². The fourth-order valence-electron chi connectivity index (χ4n) is 4.21. The van der Waals surface area contributed by atoms with Gasteiger partial charge in [-0.1, -0.05) is 41.5 Å². The molecule has 0 aliphatic heterocycles. The smallest absolute Gasteiger partial charge is 0.315 e. The summed E-state index contributed by atoms with van der Waals surface area (Å²) in [6.45, 7) is 15.6.